The number of carbonyl (C=O) groups is 1. The Balaban J connectivity index is 2.42. The summed E-state index contributed by atoms with van der Waals surface area (Å²) in [4.78, 5) is 11.7. The van der Waals surface area contributed by atoms with Gasteiger partial charge in [0.2, 0.25) is 0 Å². The van der Waals surface area contributed by atoms with Crippen LogP contribution >= 0.6 is 11.6 Å². The van der Waals surface area contributed by atoms with E-state index >= 15 is 0 Å². The molecule has 4 nitrogen and oxygen atoms in total. The molecule has 1 aromatic carbocycles. The number of hydrogen-bond donors (Lipinski definition) is 2. The Bertz CT molecular complexity index is 443. The van der Waals surface area contributed by atoms with Crippen LogP contribution in [0.4, 0.5) is 4.39 Å². The maximum Gasteiger partial charge on any atom is 0.258 e. The van der Waals surface area contributed by atoms with Crippen LogP contribution in [0.1, 0.15) is 26.2 Å². The maximum atomic E-state index is 12.8. The van der Waals surface area contributed by atoms with E-state index in [4.69, 9.17) is 22.1 Å². The second-order valence-corrected chi connectivity index (χ2v) is 4.91. The Morgan fingerprint density at radius 2 is 2.30 bits per heavy atom. The van der Waals surface area contributed by atoms with Gasteiger partial charge >= 0.3 is 0 Å². The molecular formula is C14H20ClFN2O2. The Morgan fingerprint density at radius 3 is 2.90 bits per heavy atom. The van der Waals surface area contributed by atoms with E-state index in [2.05, 4.69) is 12.2 Å². The zero-order valence-electron chi connectivity index (χ0n) is 11.5. The van der Waals surface area contributed by atoms with Crippen molar-refractivity contribution < 1.29 is 13.9 Å². The summed E-state index contributed by atoms with van der Waals surface area (Å²) in [6, 6.07) is 3.71. The summed E-state index contributed by atoms with van der Waals surface area (Å²) >= 11 is 5.80. The number of rotatable bonds is 8. The van der Waals surface area contributed by atoms with Crippen LogP contribution in [0.25, 0.3) is 0 Å². The second kappa shape index (κ2) is 8.76. The predicted octanol–water partition coefficient (Wildman–Crippen LogP) is 2.49. The lowest BCUT2D eigenvalue weighted by atomic mass is 10.1. The van der Waals surface area contributed by atoms with Crippen molar-refractivity contribution in [3.8, 4) is 5.75 Å². The molecule has 112 valence electrons. The summed E-state index contributed by atoms with van der Waals surface area (Å²) in [5.41, 5.74) is 5.59. The molecular weight excluding hydrogens is 283 g/mol. The van der Waals surface area contributed by atoms with Gasteiger partial charge in [0.25, 0.3) is 5.91 Å². The Morgan fingerprint density at radius 1 is 1.55 bits per heavy atom. The number of unbranched alkanes of at least 4 members (excludes halogenated alkanes) is 1. The average Bonchev–Trinajstić information content (AvgIpc) is 2.42. The van der Waals surface area contributed by atoms with E-state index in [0.29, 0.717) is 6.54 Å². The van der Waals surface area contributed by atoms with Crippen molar-refractivity contribution in [3.05, 3.63) is 29.0 Å². The summed E-state index contributed by atoms with van der Waals surface area (Å²) in [6.45, 7) is 2.30. The van der Waals surface area contributed by atoms with Crippen molar-refractivity contribution in [1.29, 1.82) is 0 Å². The molecule has 6 heteroatoms. The number of amides is 1. The van der Waals surface area contributed by atoms with Crippen molar-refractivity contribution in [2.75, 3.05) is 13.2 Å². The third-order valence-electron chi connectivity index (χ3n) is 2.81. The van der Waals surface area contributed by atoms with Crippen LogP contribution in [0.15, 0.2) is 18.2 Å². The van der Waals surface area contributed by atoms with Gasteiger partial charge in [-0.3, -0.25) is 4.79 Å². The van der Waals surface area contributed by atoms with Crippen LogP contribution in [-0.4, -0.2) is 25.1 Å². The molecule has 0 aliphatic carbocycles. The molecule has 0 bridgehead atoms. The molecule has 1 rings (SSSR count). The summed E-state index contributed by atoms with van der Waals surface area (Å²) in [5.74, 6) is -0.437. The number of halogens is 2. The minimum Gasteiger partial charge on any atom is -0.482 e. The fourth-order valence-corrected chi connectivity index (χ4v) is 1.93. The molecule has 1 unspecified atom stereocenters. The Hall–Kier alpha value is -1.33. The number of carbonyl (C=O) groups excluding carboxylic acids is 1. The van der Waals surface area contributed by atoms with E-state index in [-0.39, 0.29) is 29.3 Å². The maximum absolute atomic E-state index is 12.8. The number of benzene rings is 1. The van der Waals surface area contributed by atoms with Crippen molar-refractivity contribution in [3.63, 3.8) is 0 Å². The van der Waals surface area contributed by atoms with E-state index in [1.165, 1.54) is 12.1 Å². The van der Waals surface area contributed by atoms with Gasteiger partial charge in [-0.1, -0.05) is 31.4 Å². The Labute approximate surface area is 123 Å². The molecule has 1 aromatic rings. The fourth-order valence-electron chi connectivity index (χ4n) is 1.70. The normalized spacial score (nSPS) is 12.0. The minimum absolute atomic E-state index is 0.0465. The van der Waals surface area contributed by atoms with E-state index < -0.39 is 5.82 Å². The molecule has 0 saturated heterocycles. The van der Waals surface area contributed by atoms with Crippen molar-refractivity contribution in [2.24, 2.45) is 5.73 Å². The molecule has 1 atom stereocenters. The zero-order valence-corrected chi connectivity index (χ0v) is 12.3. The van der Waals surface area contributed by atoms with Crippen LogP contribution in [0.2, 0.25) is 5.02 Å². The molecule has 0 radical (unpaired) electrons. The molecule has 0 spiro atoms. The lowest BCUT2D eigenvalue weighted by Crippen LogP contribution is -2.42. The largest absolute Gasteiger partial charge is 0.482 e. The standard InChI is InChI=1S/C14H20ClFN2O2/c1-2-3-4-11(8-17)18-14(19)9-20-13-6-5-10(16)7-12(13)15/h5-7,11H,2-4,8-9,17H2,1H3,(H,18,19). The van der Waals surface area contributed by atoms with Crippen LogP contribution in [0, 0.1) is 5.82 Å². The van der Waals surface area contributed by atoms with Crippen LogP contribution in [0.3, 0.4) is 0 Å². The first-order valence-corrected chi connectivity index (χ1v) is 7.01. The summed E-state index contributed by atoms with van der Waals surface area (Å²) in [6.07, 6.45) is 2.90. The van der Waals surface area contributed by atoms with Crippen molar-refractivity contribution in [1.82, 2.24) is 5.32 Å². The van der Waals surface area contributed by atoms with E-state index in [1.807, 2.05) is 0 Å². The fraction of sp³-hybridized carbons (Fsp3) is 0.500. The summed E-state index contributed by atoms with van der Waals surface area (Å²) in [5, 5.41) is 2.93. The summed E-state index contributed by atoms with van der Waals surface area (Å²) in [7, 11) is 0. The third-order valence-corrected chi connectivity index (χ3v) is 3.10. The van der Waals surface area contributed by atoms with E-state index in [9.17, 15) is 9.18 Å². The molecule has 0 aliphatic rings. The predicted molar refractivity (Wildman–Crippen MR) is 77.4 cm³/mol. The molecule has 3 N–H and O–H groups in total. The van der Waals surface area contributed by atoms with Gasteiger partial charge in [-0.25, -0.2) is 4.39 Å². The van der Waals surface area contributed by atoms with Gasteiger partial charge in [0.1, 0.15) is 11.6 Å². The monoisotopic (exact) mass is 302 g/mol. The quantitative estimate of drug-likeness (QED) is 0.775. The second-order valence-electron chi connectivity index (χ2n) is 4.51. The highest BCUT2D eigenvalue weighted by Gasteiger charge is 2.11. The van der Waals surface area contributed by atoms with Crippen LogP contribution in [0.5, 0.6) is 5.75 Å². The first-order chi connectivity index (χ1) is 9.56. The van der Waals surface area contributed by atoms with Gasteiger partial charge in [-0.2, -0.15) is 0 Å². The number of ether oxygens (including phenoxy) is 1. The molecule has 0 aromatic heterocycles. The highest BCUT2D eigenvalue weighted by Crippen LogP contribution is 2.24. The third kappa shape index (κ3) is 5.75. The zero-order chi connectivity index (χ0) is 15.0. The molecule has 0 heterocycles. The number of nitrogens with one attached hydrogen (secondary N) is 1. The average molecular weight is 303 g/mol. The first-order valence-electron chi connectivity index (χ1n) is 6.64. The first kappa shape index (κ1) is 16.7. The van der Waals surface area contributed by atoms with Gasteiger partial charge in [0, 0.05) is 12.6 Å². The highest BCUT2D eigenvalue weighted by atomic mass is 35.5. The smallest absolute Gasteiger partial charge is 0.258 e. The van der Waals surface area contributed by atoms with Crippen molar-refractivity contribution in [2.45, 2.75) is 32.2 Å². The lowest BCUT2D eigenvalue weighted by Gasteiger charge is -2.16. The number of nitrogens with two attached hydrogens (primary N) is 1. The van der Waals surface area contributed by atoms with Gasteiger partial charge < -0.3 is 15.8 Å². The molecule has 0 aliphatic heterocycles. The van der Waals surface area contributed by atoms with Gasteiger partial charge in [0.15, 0.2) is 6.61 Å². The van der Waals surface area contributed by atoms with Crippen LogP contribution in [-0.2, 0) is 4.79 Å². The highest BCUT2D eigenvalue weighted by molar-refractivity contribution is 6.32. The van der Waals surface area contributed by atoms with Gasteiger partial charge in [-0.05, 0) is 24.6 Å². The topological polar surface area (TPSA) is 64.3 Å². The van der Waals surface area contributed by atoms with E-state index in [0.717, 1.165) is 25.3 Å². The molecule has 20 heavy (non-hydrogen) atoms. The van der Waals surface area contributed by atoms with E-state index in [1.54, 1.807) is 0 Å². The molecule has 0 saturated carbocycles. The Kier molecular flexibility index (Phi) is 7.33. The number of hydrogen-bond acceptors (Lipinski definition) is 3. The van der Waals surface area contributed by atoms with Crippen molar-refractivity contribution >= 4 is 17.5 Å². The lowest BCUT2D eigenvalue weighted by molar-refractivity contribution is -0.123. The van der Waals surface area contributed by atoms with Gasteiger partial charge in [0.05, 0.1) is 5.02 Å². The molecule has 1 amide bonds. The molecule has 0 fully saturated rings. The minimum atomic E-state index is -0.449. The van der Waals surface area contributed by atoms with Crippen LogP contribution < -0.4 is 15.8 Å². The van der Waals surface area contributed by atoms with Gasteiger partial charge in [-0.15, -0.1) is 0 Å². The summed E-state index contributed by atoms with van der Waals surface area (Å²) < 4.78 is 18.1. The SMILES string of the molecule is CCCCC(CN)NC(=O)COc1ccc(F)cc1Cl.